The summed E-state index contributed by atoms with van der Waals surface area (Å²) in [4.78, 5) is 16.4. The fraction of sp³-hybridized carbons (Fsp3) is 0.235. The molecule has 0 aliphatic heterocycles. The molecule has 0 bridgehead atoms. The molecule has 0 aliphatic carbocycles. The molecular formula is C17H16FN5O. The Labute approximate surface area is 137 Å². The number of hydrogen-bond acceptors (Lipinski definition) is 4. The van der Waals surface area contributed by atoms with Gasteiger partial charge in [-0.2, -0.15) is 5.26 Å². The molecular weight excluding hydrogens is 309 g/mol. The lowest BCUT2D eigenvalue weighted by molar-refractivity contribution is 0.561. The van der Waals surface area contributed by atoms with Crippen molar-refractivity contribution in [2.45, 2.75) is 26.4 Å². The van der Waals surface area contributed by atoms with Crippen molar-refractivity contribution < 1.29 is 4.39 Å². The molecule has 2 aromatic heterocycles. The Bertz CT molecular complexity index is 998. The van der Waals surface area contributed by atoms with Crippen molar-refractivity contribution in [3.05, 3.63) is 69.0 Å². The molecule has 3 aromatic rings. The average Bonchev–Trinajstić information content (AvgIpc) is 2.96. The highest BCUT2D eigenvalue weighted by atomic mass is 19.1. The smallest absolute Gasteiger partial charge is 0.272 e. The van der Waals surface area contributed by atoms with Gasteiger partial charge in [0.25, 0.3) is 5.56 Å². The molecule has 3 rings (SSSR count). The quantitative estimate of drug-likeness (QED) is 0.770. The van der Waals surface area contributed by atoms with Crippen LogP contribution in [0.15, 0.2) is 35.3 Å². The molecule has 0 aliphatic rings. The molecule has 0 fully saturated rings. The number of aromatic amines is 1. The minimum Gasteiger partial charge on any atom is -0.305 e. The second-order valence-electron chi connectivity index (χ2n) is 5.65. The average molecular weight is 325 g/mol. The molecule has 0 radical (unpaired) electrons. The monoisotopic (exact) mass is 325 g/mol. The van der Waals surface area contributed by atoms with Gasteiger partial charge in [-0.15, -0.1) is 0 Å². The molecule has 0 amide bonds. The van der Waals surface area contributed by atoms with Crippen molar-refractivity contribution >= 4 is 5.65 Å². The zero-order chi connectivity index (χ0) is 17.3. The number of nitrogens with zero attached hydrogens (tertiary/aromatic N) is 3. The highest BCUT2D eigenvalue weighted by Gasteiger charge is 2.12. The molecule has 0 saturated heterocycles. The van der Waals surface area contributed by atoms with E-state index in [1.165, 1.54) is 28.9 Å². The maximum atomic E-state index is 13.2. The number of aromatic nitrogens is 3. The highest BCUT2D eigenvalue weighted by molar-refractivity contribution is 5.53. The molecule has 0 spiro atoms. The number of fused-ring (bicyclic) bond motifs is 1. The van der Waals surface area contributed by atoms with Crippen molar-refractivity contribution in [3.8, 4) is 6.07 Å². The van der Waals surface area contributed by atoms with E-state index in [0.717, 1.165) is 11.1 Å². The van der Waals surface area contributed by atoms with Gasteiger partial charge in [0.2, 0.25) is 0 Å². The van der Waals surface area contributed by atoms with Gasteiger partial charge in [0.15, 0.2) is 5.65 Å². The summed E-state index contributed by atoms with van der Waals surface area (Å²) in [7, 11) is 0. The predicted octanol–water partition coefficient (Wildman–Crippen LogP) is 2.19. The fourth-order valence-corrected chi connectivity index (χ4v) is 2.69. The number of nitriles is 1. The van der Waals surface area contributed by atoms with Crippen LogP contribution < -0.4 is 10.9 Å². The van der Waals surface area contributed by atoms with Gasteiger partial charge in [-0.05, 0) is 37.1 Å². The Hall–Kier alpha value is -2.98. The minimum atomic E-state index is -0.274. The summed E-state index contributed by atoms with van der Waals surface area (Å²) in [5.41, 5.74) is 2.74. The Kier molecular flexibility index (Phi) is 4.15. The molecule has 1 aromatic carbocycles. The van der Waals surface area contributed by atoms with Crippen LogP contribution in [0.5, 0.6) is 0 Å². The van der Waals surface area contributed by atoms with Crippen molar-refractivity contribution in [2.24, 2.45) is 0 Å². The number of H-pyrrole nitrogens is 1. The van der Waals surface area contributed by atoms with Crippen LogP contribution >= 0.6 is 0 Å². The second-order valence-corrected chi connectivity index (χ2v) is 5.65. The Morgan fingerprint density at radius 1 is 1.46 bits per heavy atom. The molecule has 122 valence electrons. The van der Waals surface area contributed by atoms with Crippen LogP contribution in [0.25, 0.3) is 5.65 Å². The Morgan fingerprint density at radius 3 is 2.96 bits per heavy atom. The molecule has 1 atom stereocenters. The number of rotatable bonds is 4. The maximum absolute atomic E-state index is 13.2. The van der Waals surface area contributed by atoms with Crippen LogP contribution in [0.4, 0.5) is 4.39 Å². The van der Waals surface area contributed by atoms with Gasteiger partial charge in [0.05, 0.1) is 5.69 Å². The van der Waals surface area contributed by atoms with Crippen LogP contribution in [-0.4, -0.2) is 14.6 Å². The van der Waals surface area contributed by atoms with Crippen molar-refractivity contribution in [1.29, 1.82) is 5.26 Å². The third-order valence-electron chi connectivity index (χ3n) is 3.96. The zero-order valence-corrected chi connectivity index (χ0v) is 13.3. The van der Waals surface area contributed by atoms with Gasteiger partial charge in [-0.25, -0.2) is 13.9 Å². The summed E-state index contributed by atoms with van der Waals surface area (Å²) < 4.78 is 14.4. The SMILES string of the molecule is Cc1cc(F)ccc1[C@H](C)NCc1cc(=O)n2[nH]cc(C#N)c2n1. The summed E-state index contributed by atoms with van der Waals surface area (Å²) in [5, 5.41) is 15.0. The molecule has 2 heterocycles. The summed E-state index contributed by atoms with van der Waals surface area (Å²) in [6, 6.07) is 8.04. The topological polar surface area (TPSA) is 86.0 Å². The first-order valence-electron chi connectivity index (χ1n) is 7.49. The lowest BCUT2D eigenvalue weighted by atomic mass is 10.0. The number of halogens is 1. The molecule has 7 heteroatoms. The first-order valence-corrected chi connectivity index (χ1v) is 7.49. The summed E-state index contributed by atoms with van der Waals surface area (Å²) in [6.07, 6.45) is 1.45. The van der Waals surface area contributed by atoms with Gasteiger partial charge in [-0.1, -0.05) is 6.07 Å². The summed E-state index contributed by atoms with van der Waals surface area (Å²) in [5.74, 6) is -0.264. The lowest BCUT2D eigenvalue weighted by Crippen LogP contribution is -2.22. The summed E-state index contributed by atoms with van der Waals surface area (Å²) >= 11 is 0. The van der Waals surface area contributed by atoms with E-state index in [1.807, 2.05) is 19.9 Å². The lowest BCUT2D eigenvalue weighted by Gasteiger charge is -2.16. The molecule has 0 saturated carbocycles. The van der Waals surface area contributed by atoms with Gasteiger partial charge < -0.3 is 5.32 Å². The second kappa shape index (κ2) is 6.26. The molecule has 2 N–H and O–H groups in total. The summed E-state index contributed by atoms with van der Waals surface area (Å²) in [6.45, 7) is 4.18. The number of hydrogen-bond donors (Lipinski definition) is 2. The van der Waals surface area contributed by atoms with Gasteiger partial charge in [0, 0.05) is 24.8 Å². The standard InChI is InChI=1S/C17H16FN5O/c1-10-5-13(18)3-4-15(10)11(2)20-9-14-6-16(24)23-17(22-14)12(7-19)8-21-23/h3-6,8,11,20-21H,9H2,1-2H3/t11-/m0/s1. The normalized spacial score (nSPS) is 12.2. The van der Waals surface area contributed by atoms with Crippen LogP contribution in [-0.2, 0) is 6.54 Å². The largest absolute Gasteiger partial charge is 0.305 e. The van der Waals surface area contributed by atoms with Crippen molar-refractivity contribution in [3.63, 3.8) is 0 Å². The van der Waals surface area contributed by atoms with Crippen molar-refractivity contribution in [1.82, 2.24) is 19.9 Å². The third kappa shape index (κ3) is 2.92. The predicted molar refractivity (Wildman–Crippen MR) is 86.9 cm³/mol. The van der Waals surface area contributed by atoms with E-state index >= 15 is 0 Å². The number of nitrogens with one attached hydrogen (secondary N) is 2. The first-order chi connectivity index (χ1) is 11.5. The van der Waals surface area contributed by atoms with Crippen molar-refractivity contribution in [2.75, 3.05) is 0 Å². The van der Waals surface area contributed by atoms with E-state index in [0.29, 0.717) is 23.4 Å². The van der Waals surface area contributed by atoms with Crippen LogP contribution in [0.1, 0.15) is 35.3 Å². The first kappa shape index (κ1) is 15.9. The van der Waals surface area contributed by atoms with Crippen LogP contribution in [0.3, 0.4) is 0 Å². The van der Waals surface area contributed by atoms with E-state index in [4.69, 9.17) is 5.26 Å². The van der Waals surface area contributed by atoms with E-state index in [1.54, 1.807) is 6.07 Å². The van der Waals surface area contributed by atoms with Crippen LogP contribution in [0, 0.1) is 24.1 Å². The van der Waals surface area contributed by atoms with E-state index in [2.05, 4.69) is 15.4 Å². The van der Waals surface area contributed by atoms with Gasteiger partial charge in [-0.3, -0.25) is 9.89 Å². The number of benzene rings is 1. The van der Waals surface area contributed by atoms with Crippen LogP contribution in [0.2, 0.25) is 0 Å². The minimum absolute atomic E-state index is 0.0347. The zero-order valence-electron chi connectivity index (χ0n) is 13.3. The third-order valence-corrected chi connectivity index (χ3v) is 3.96. The maximum Gasteiger partial charge on any atom is 0.272 e. The molecule has 24 heavy (non-hydrogen) atoms. The molecule has 0 unspecified atom stereocenters. The highest BCUT2D eigenvalue weighted by Crippen LogP contribution is 2.18. The van der Waals surface area contributed by atoms with E-state index < -0.39 is 0 Å². The molecule has 6 nitrogen and oxygen atoms in total. The Balaban J connectivity index is 1.83. The van der Waals surface area contributed by atoms with Gasteiger partial charge in [0.1, 0.15) is 17.4 Å². The van der Waals surface area contributed by atoms with E-state index in [-0.39, 0.29) is 17.4 Å². The fourth-order valence-electron chi connectivity index (χ4n) is 2.69. The van der Waals surface area contributed by atoms with E-state index in [9.17, 15) is 9.18 Å². The van der Waals surface area contributed by atoms with Gasteiger partial charge >= 0.3 is 0 Å². The number of aryl methyl sites for hydroxylation is 1. The Morgan fingerprint density at radius 2 is 2.25 bits per heavy atom.